The molecule has 2 fully saturated rings. The number of hydrogen-bond donors (Lipinski definition) is 2. The lowest BCUT2D eigenvalue weighted by Gasteiger charge is -2.23. The third kappa shape index (κ3) is 2.53. The molecular weight excluding hydrogens is 232 g/mol. The maximum absolute atomic E-state index is 12.4. The van der Waals surface area contributed by atoms with Crippen molar-refractivity contribution in [2.24, 2.45) is 11.8 Å². The van der Waals surface area contributed by atoms with Gasteiger partial charge >= 0.3 is 0 Å². The minimum absolute atomic E-state index is 0.00893. The van der Waals surface area contributed by atoms with Gasteiger partial charge < -0.3 is 20.1 Å². The van der Waals surface area contributed by atoms with Gasteiger partial charge in [0.2, 0.25) is 5.91 Å². The van der Waals surface area contributed by atoms with Gasteiger partial charge in [-0.2, -0.15) is 0 Å². The van der Waals surface area contributed by atoms with Crippen molar-refractivity contribution in [1.82, 2.24) is 10.6 Å². The minimum Gasteiger partial charge on any atom is -0.378 e. The molecule has 2 aliphatic heterocycles. The zero-order valence-corrected chi connectivity index (χ0v) is 11.6. The number of nitrogens with one attached hydrogen (secondary N) is 2. The van der Waals surface area contributed by atoms with Crippen molar-refractivity contribution >= 4 is 5.91 Å². The summed E-state index contributed by atoms with van der Waals surface area (Å²) in [6.07, 6.45) is 0.209. The summed E-state index contributed by atoms with van der Waals surface area (Å²) in [6, 6.07) is 0.0674. The van der Waals surface area contributed by atoms with E-state index in [1.807, 2.05) is 13.8 Å². The van der Waals surface area contributed by atoms with Crippen LogP contribution in [0.5, 0.6) is 0 Å². The van der Waals surface area contributed by atoms with Crippen LogP contribution in [-0.2, 0) is 14.3 Å². The predicted molar refractivity (Wildman–Crippen MR) is 68.3 cm³/mol. The van der Waals surface area contributed by atoms with E-state index in [2.05, 4.69) is 17.6 Å². The molecule has 0 bridgehead atoms. The molecule has 18 heavy (non-hydrogen) atoms. The molecular formula is C13H24N2O3. The van der Waals surface area contributed by atoms with Crippen LogP contribution >= 0.6 is 0 Å². The molecule has 5 nitrogen and oxygen atoms in total. The second-order valence-electron chi connectivity index (χ2n) is 5.48. The number of amides is 1. The second-order valence-corrected chi connectivity index (χ2v) is 5.48. The van der Waals surface area contributed by atoms with Crippen LogP contribution in [0.4, 0.5) is 0 Å². The van der Waals surface area contributed by atoms with E-state index in [9.17, 15) is 4.79 Å². The van der Waals surface area contributed by atoms with E-state index in [0.29, 0.717) is 0 Å². The van der Waals surface area contributed by atoms with Crippen molar-refractivity contribution in [1.29, 1.82) is 0 Å². The first-order chi connectivity index (χ1) is 8.54. The fraction of sp³-hybridized carbons (Fsp3) is 0.923. The summed E-state index contributed by atoms with van der Waals surface area (Å²) in [5.41, 5.74) is 0. The van der Waals surface area contributed by atoms with Crippen LogP contribution < -0.4 is 10.6 Å². The first-order valence-electron chi connectivity index (χ1n) is 6.74. The number of methoxy groups -OCH3 is 1. The smallest absolute Gasteiger partial charge is 0.226 e. The summed E-state index contributed by atoms with van der Waals surface area (Å²) in [6.45, 7) is 7.66. The first kappa shape index (κ1) is 13.8. The van der Waals surface area contributed by atoms with E-state index >= 15 is 0 Å². The molecule has 0 radical (unpaired) electrons. The molecule has 5 heteroatoms. The zero-order valence-electron chi connectivity index (χ0n) is 11.6. The van der Waals surface area contributed by atoms with Gasteiger partial charge in [0.05, 0.1) is 30.3 Å². The summed E-state index contributed by atoms with van der Waals surface area (Å²) in [7, 11) is 1.68. The molecule has 0 spiro atoms. The van der Waals surface area contributed by atoms with Crippen molar-refractivity contribution in [3.8, 4) is 0 Å². The normalized spacial score (nSPS) is 44.2. The SMILES string of the molecule is CO[C@@H]1CNCC1NC(=O)C1C(C)OC(C)C1C. The van der Waals surface area contributed by atoms with Crippen molar-refractivity contribution in [3.63, 3.8) is 0 Å². The van der Waals surface area contributed by atoms with E-state index in [0.717, 1.165) is 13.1 Å². The highest BCUT2D eigenvalue weighted by Gasteiger charge is 2.42. The van der Waals surface area contributed by atoms with Crippen molar-refractivity contribution in [2.45, 2.75) is 45.1 Å². The molecule has 0 aromatic rings. The Kier molecular flexibility index (Phi) is 4.25. The van der Waals surface area contributed by atoms with Gasteiger partial charge in [-0.25, -0.2) is 0 Å². The summed E-state index contributed by atoms with van der Waals surface area (Å²) >= 11 is 0. The van der Waals surface area contributed by atoms with Crippen LogP contribution in [0, 0.1) is 11.8 Å². The Morgan fingerprint density at radius 3 is 2.56 bits per heavy atom. The monoisotopic (exact) mass is 256 g/mol. The molecule has 104 valence electrons. The molecule has 2 saturated heterocycles. The summed E-state index contributed by atoms with van der Waals surface area (Å²) in [5, 5.41) is 6.33. The third-order valence-electron chi connectivity index (χ3n) is 4.33. The molecule has 5 unspecified atom stereocenters. The average Bonchev–Trinajstić information content (AvgIpc) is 2.85. The predicted octanol–water partition coefficient (Wildman–Crippen LogP) is 0.149. The Hall–Kier alpha value is -0.650. The van der Waals surface area contributed by atoms with Crippen LogP contribution in [0.25, 0.3) is 0 Å². The van der Waals surface area contributed by atoms with Gasteiger partial charge in [0.25, 0.3) is 0 Å². The van der Waals surface area contributed by atoms with Gasteiger partial charge in [-0.05, 0) is 19.8 Å². The molecule has 2 N–H and O–H groups in total. The van der Waals surface area contributed by atoms with Crippen LogP contribution in [0.2, 0.25) is 0 Å². The zero-order chi connectivity index (χ0) is 13.3. The molecule has 6 atom stereocenters. The van der Waals surface area contributed by atoms with Gasteiger partial charge in [-0.1, -0.05) is 6.92 Å². The van der Waals surface area contributed by atoms with Crippen molar-refractivity contribution in [2.75, 3.05) is 20.2 Å². The van der Waals surface area contributed by atoms with E-state index in [1.165, 1.54) is 0 Å². The van der Waals surface area contributed by atoms with Crippen LogP contribution in [0.3, 0.4) is 0 Å². The number of rotatable bonds is 3. The molecule has 2 heterocycles. The van der Waals surface area contributed by atoms with Crippen LogP contribution in [0.15, 0.2) is 0 Å². The highest BCUT2D eigenvalue weighted by atomic mass is 16.5. The van der Waals surface area contributed by atoms with Gasteiger partial charge in [-0.3, -0.25) is 4.79 Å². The topological polar surface area (TPSA) is 59.6 Å². The van der Waals surface area contributed by atoms with Gasteiger partial charge in [0, 0.05) is 20.2 Å². The molecule has 0 aliphatic carbocycles. The molecule has 1 amide bonds. The Morgan fingerprint density at radius 2 is 2.00 bits per heavy atom. The highest BCUT2D eigenvalue weighted by Crippen LogP contribution is 2.32. The Morgan fingerprint density at radius 1 is 1.28 bits per heavy atom. The summed E-state index contributed by atoms with van der Waals surface area (Å²) in [5.74, 6) is 0.295. The largest absolute Gasteiger partial charge is 0.378 e. The third-order valence-corrected chi connectivity index (χ3v) is 4.33. The quantitative estimate of drug-likeness (QED) is 0.754. The summed E-state index contributed by atoms with van der Waals surface area (Å²) in [4.78, 5) is 12.4. The van der Waals surface area contributed by atoms with E-state index in [-0.39, 0.29) is 42.1 Å². The number of ether oxygens (including phenoxy) is 2. The molecule has 0 saturated carbocycles. The van der Waals surface area contributed by atoms with Gasteiger partial charge in [0.15, 0.2) is 0 Å². The van der Waals surface area contributed by atoms with E-state index < -0.39 is 0 Å². The Labute approximate surface area is 109 Å². The first-order valence-corrected chi connectivity index (χ1v) is 6.74. The lowest BCUT2D eigenvalue weighted by Crippen LogP contribution is -2.48. The Bertz CT molecular complexity index is 311. The number of carbonyl (C=O) groups excluding carboxylic acids is 1. The molecule has 2 aliphatic rings. The maximum atomic E-state index is 12.4. The van der Waals surface area contributed by atoms with Crippen molar-refractivity contribution in [3.05, 3.63) is 0 Å². The highest BCUT2D eigenvalue weighted by molar-refractivity contribution is 5.80. The standard InChI is InChI=1S/C13H24N2O3/c1-7-8(2)18-9(3)12(7)13(16)15-10-5-14-6-11(10)17-4/h7-12,14H,5-6H2,1-4H3,(H,15,16)/t7?,8?,9?,10?,11-,12?/m1/s1. The Balaban J connectivity index is 1.95. The minimum atomic E-state index is -0.0573. The lowest BCUT2D eigenvalue weighted by atomic mass is 9.88. The maximum Gasteiger partial charge on any atom is 0.226 e. The lowest BCUT2D eigenvalue weighted by molar-refractivity contribution is -0.128. The average molecular weight is 256 g/mol. The molecule has 0 aromatic heterocycles. The fourth-order valence-corrected chi connectivity index (χ4v) is 3.04. The van der Waals surface area contributed by atoms with E-state index in [1.54, 1.807) is 7.11 Å². The molecule has 2 rings (SSSR count). The molecule has 0 aromatic carbocycles. The van der Waals surface area contributed by atoms with Crippen molar-refractivity contribution < 1.29 is 14.3 Å². The van der Waals surface area contributed by atoms with E-state index in [4.69, 9.17) is 9.47 Å². The van der Waals surface area contributed by atoms with Crippen LogP contribution in [0.1, 0.15) is 20.8 Å². The van der Waals surface area contributed by atoms with Crippen LogP contribution in [-0.4, -0.2) is 50.5 Å². The number of hydrogen-bond acceptors (Lipinski definition) is 4. The second kappa shape index (κ2) is 5.55. The fourth-order valence-electron chi connectivity index (χ4n) is 3.04. The van der Waals surface area contributed by atoms with Gasteiger partial charge in [0.1, 0.15) is 0 Å². The number of carbonyl (C=O) groups is 1. The summed E-state index contributed by atoms with van der Waals surface area (Å²) < 4.78 is 11.1. The van der Waals surface area contributed by atoms with Gasteiger partial charge in [-0.15, -0.1) is 0 Å².